The van der Waals surface area contributed by atoms with E-state index in [0.29, 0.717) is 5.57 Å². The number of nitrogens with one attached hydrogen (secondary N) is 1. The van der Waals surface area contributed by atoms with Gasteiger partial charge in [-0.05, 0) is 12.8 Å². The molecular weight excluding hydrogens is 365 g/mol. The van der Waals surface area contributed by atoms with Crippen LogP contribution in [0.2, 0.25) is 0 Å². The van der Waals surface area contributed by atoms with E-state index in [1.807, 2.05) is 0 Å². The fraction of sp³-hybridized carbons (Fsp3) is 0.625. The third-order valence-corrected chi connectivity index (χ3v) is 4.36. The van der Waals surface area contributed by atoms with Crippen LogP contribution >= 0.6 is 12.2 Å². The minimum atomic E-state index is -3.79. The van der Waals surface area contributed by atoms with E-state index in [2.05, 4.69) is 16.6 Å². The minimum absolute atomic E-state index is 0.0783. The van der Waals surface area contributed by atoms with Gasteiger partial charge >= 0.3 is 5.97 Å². The lowest BCUT2D eigenvalue weighted by atomic mass is 10.1. The number of aliphatic hydroxyl groups excluding tert-OH is 2. The summed E-state index contributed by atoms with van der Waals surface area (Å²) in [6, 6.07) is -1.27. The number of nitrogens with two attached hydrogens (primary N) is 1. The summed E-state index contributed by atoms with van der Waals surface area (Å²) in [6.45, 7) is 4.72. The molecule has 26 heavy (non-hydrogen) atoms. The van der Waals surface area contributed by atoms with Crippen molar-refractivity contribution in [3.8, 4) is 0 Å². The summed E-state index contributed by atoms with van der Waals surface area (Å²) in [6.07, 6.45) is -6.40. The van der Waals surface area contributed by atoms with Crippen LogP contribution in [0, 0.1) is 5.92 Å². The number of nitrogens with zero attached hydrogens (tertiary/aromatic N) is 1. The van der Waals surface area contributed by atoms with Crippen molar-refractivity contribution < 1.29 is 33.0 Å². The van der Waals surface area contributed by atoms with Gasteiger partial charge in [0.25, 0.3) is 5.85 Å². The number of esters is 1. The lowest BCUT2D eigenvalue weighted by Crippen LogP contribution is -2.47. The molecule has 2 rings (SSSR count). The van der Waals surface area contributed by atoms with Gasteiger partial charge in [-0.15, -0.1) is 0 Å². The molecule has 0 aliphatic carbocycles. The van der Waals surface area contributed by atoms with Crippen molar-refractivity contribution >= 4 is 23.2 Å². The van der Waals surface area contributed by atoms with E-state index < -0.39 is 48.8 Å². The molecule has 0 aromatic heterocycles. The zero-order valence-electron chi connectivity index (χ0n) is 17.5. The third-order valence-electron chi connectivity index (χ3n) is 3.93. The maximum atomic E-state index is 15.5. The van der Waals surface area contributed by atoms with Crippen LogP contribution in [0.4, 0.5) is 4.39 Å². The first-order valence-electron chi connectivity index (χ1n) is 9.30. The van der Waals surface area contributed by atoms with Crippen molar-refractivity contribution in [2.75, 3.05) is 6.56 Å². The summed E-state index contributed by atoms with van der Waals surface area (Å²) < 4.78 is 49.1. The second-order valence-corrected chi connectivity index (χ2v) is 6.76. The lowest BCUT2D eigenvalue weighted by Gasteiger charge is -2.35. The standard InChI is InChI=1S/C16H24FN3O5S/c1-7(2)10(18)15(23)24-6-16(17)12(22)11(21)14(25-16)20-5-8(3)13(26)19-9(20)4/h5,7,10-12,14,21-22H,4,6,18H2,1-3H3,(H,19,26)/t10-,11+,12-,14+,16+/m0/s1/i6D2,14D. The minimum Gasteiger partial charge on any atom is -0.458 e. The molecule has 2 heterocycles. The average Bonchev–Trinajstić information content (AvgIpc) is 2.79. The Bertz CT molecular complexity index is 770. The molecule has 1 fully saturated rings. The summed E-state index contributed by atoms with van der Waals surface area (Å²) >= 11 is 5.03. The van der Waals surface area contributed by atoms with Crippen molar-refractivity contribution in [3.63, 3.8) is 0 Å². The SMILES string of the molecule is [2H]C([2H])(OC(=O)[C@@H](N)C(C)C)[C@@]1(F)O[C@@]([2H])(N2C=C(C)C(=S)NC2=C)[C@H](O)[C@@H]1O. The Morgan fingerprint density at radius 3 is 2.92 bits per heavy atom. The molecule has 5 N–H and O–H groups in total. The summed E-state index contributed by atoms with van der Waals surface area (Å²) in [7, 11) is 0. The maximum absolute atomic E-state index is 15.5. The molecule has 10 heteroatoms. The highest BCUT2D eigenvalue weighted by atomic mass is 32.1. The number of hydrogen-bond acceptors (Lipinski definition) is 8. The molecule has 0 bridgehead atoms. The molecule has 2 aliphatic heterocycles. The van der Waals surface area contributed by atoms with Crippen LogP contribution in [-0.4, -0.2) is 62.9 Å². The van der Waals surface area contributed by atoms with Gasteiger partial charge in [0.1, 0.15) is 29.1 Å². The Kier molecular flexibility index (Phi) is 4.83. The van der Waals surface area contributed by atoms with Crippen molar-refractivity contribution in [1.82, 2.24) is 10.2 Å². The van der Waals surface area contributed by atoms with Crippen LogP contribution in [0.15, 0.2) is 24.2 Å². The molecule has 1 saturated heterocycles. The van der Waals surface area contributed by atoms with Gasteiger partial charge in [0.15, 0.2) is 12.8 Å². The Morgan fingerprint density at radius 2 is 2.35 bits per heavy atom. The first-order chi connectivity index (χ1) is 13.1. The topological polar surface area (TPSA) is 117 Å². The fourth-order valence-corrected chi connectivity index (χ4v) is 2.33. The molecule has 0 unspecified atom stereocenters. The summed E-state index contributed by atoms with van der Waals surface area (Å²) in [5.41, 5.74) is 6.00. The second-order valence-electron chi connectivity index (χ2n) is 6.35. The first kappa shape index (κ1) is 16.6. The predicted molar refractivity (Wildman–Crippen MR) is 95.0 cm³/mol. The number of thiocarbonyl (C=S) groups is 1. The van der Waals surface area contributed by atoms with Gasteiger partial charge in [0, 0.05) is 11.8 Å². The molecular formula is C16H24FN3O5S. The smallest absolute Gasteiger partial charge is 0.323 e. The van der Waals surface area contributed by atoms with Gasteiger partial charge in [-0.25, -0.2) is 4.39 Å². The number of carbonyl (C=O) groups excluding carboxylic acids is 1. The van der Waals surface area contributed by atoms with Gasteiger partial charge in [-0.1, -0.05) is 32.6 Å². The Morgan fingerprint density at radius 1 is 1.73 bits per heavy atom. The van der Waals surface area contributed by atoms with Crippen LogP contribution < -0.4 is 11.1 Å². The van der Waals surface area contributed by atoms with Gasteiger partial charge in [0.2, 0.25) is 0 Å². The van der Waals surface area contributed by atoms with Crippen LogP contribution in [-0.2, 0) is 14.3 Å². The number of hydrogen-bond donors (Lipinski definition) is 4. The molecule has 2 aliphatic rings. The quantitative estimate of drug-likeness (QED) is 0.375. The van der Waals surface area contributed by atoms with E-state index in [9.17, 15) is 15.0 Å². The van der Waals surface area contributed by atoms with E-state index in [1.165, 1.54) is 6.20 Å². The third kappa shape index (κ3) is 3.89. The highest BCUT2D eigenvalue weighted by molar-refractivity contribution is 7.80. The second kappa shape index (κ2) is 7.57. The lowest BCUT2D eigenvalue weighted by molar-refractivity contribution is -0.219. The number of carbonyl (C=O) groups is 1. The zero-order valence-corrected chi connectivity index (χ0v) is 15.3. The predicted octanol–water partition coefficient (Wildman–Crippen LogP) is -0.136. The highest BCUT2D eigenvalue weighted by Gasteiger charge is 2.58. The highest BCUT2D eigenvalue weighted by Crippen LogP contribution is 2.36. The normalized spacial score (nSPS) is 38.2. The number of halogens is 1. The van der Waals surface area contributed by atoms with Gasteiger partial charge in [-0.2, -0.15) is 0 Å². The molecule has 0 aromatic carbocycles. The van der Waals surface area contributed by atoms with Crippen LogP contribution in [0.3, 0.4) is 0 Å². The van der Waals surface area contributed by atoms with E-state index in [4.69, 9.17) is 26.8 Å². The van der Waals surface area contributed by atoms with Gasteiger partial charge in [0.05, 0.1) is 4.11 Å². The average molecular weight is 392 g/mol. The number of aliphatic hydroxyl groups is 2. The van der Waals surface area contributed by atoms with Crippen LogP contribution in [0.5, 0.6) is 0 Å². The molecule has 0 spiro atoms. The van der Waals surface area contributed by atoms with Crippen molar-refractivity contribution in [3.05, 3.63) is 24.2 Å². The molecule has 146 valence electrons. The van der Waals surface area contributed by atoms with E-state index in [0.717, 1.165) is 4.90 Å². The van der Waals surface area contributed by atoms with Crippen LogP contribution in [0.25, 0.3) is 0 Å². The summed E-state index contributed by atoms with van der Waals surface area (Å²) in [4.78, 5) is 13.1. The summed E-state index contributed by atoms with van der Waals surface area (Å²) in [5, 5.41) is 23.2. The number of ether oxygens (including phenoxy) is 2. The molecule has 8 nitrogen and oxygen atoms in total. The van der Waals surface area contributed by atoms with E-state index in [-0.39, 0.29) is 10.8 Å². The molecule has 0 aromatic rings. The van der Waals surface area contributed by atoms with Gasteiger partial charge < -0.3 is 35.6 Å². The van der Waals surface area contributed by atoms with Crippen molar-refractivity contribution in [1.29, 1.82) is 0 Å². The van der Waals surface area contributed by atoms with Crippen LogP contribution in [0.1, 0.15) is 24.9 Å². The first-order valence-corrected chi connectivity index (χ1v) is 8.21. The molecule has 5 atom stereocenters. The monoisotopic (exact) mass is 392 g/mol. The largest absolute Gasteiger partial charge is 0.458 e. The summed E-state index contributed by atoms with van der Waals surface area (Å²) in [5.74, 6) is -5.59. The van der Waals surface area contributed by atoms with E-state index >= 15 is 4.39 Å². The molecule has 0 saturated carbocycles. The van der Waals surface area contributed by atoms with Crippen molar-refractivity contribution in [2.45, 2.75) is 51.1 Å². The Hall–Kier alpha value is -1.59. The number of alkyl halides is 1. The fourth-order valence-electron chi connectivity index (χ4n) is 2.16. The Balaban J connectivity index is 2.39. The van der Waals surface area contributed by atoms with Crippen molar-refractivity contribution in [2.24, 2.45) is 11.7 Å². The molecule has 0 amide bonds. The Labute approximate surface area is 160 Å². The van der Waals surface area contributed by atoms with E-state index in [1.54, 1.807) is 20.8 Å². The number of rotatable bonds is 5. The molecule has 0 radical (unpaired) electrons. The van der Waals surface area contributed by atoms with Gasteiger partial charge in [-0.3, -0.25) is 4.79 Å². The zero-order chi connectivity index (χ0) is 22.5. The maximum Gasteiger partial charge on any atom is 0.323 e.